The van der Waals surface area contributed by atoms with Crippen LogP contribution in [0.3, 0.4) is 0 Å². The molecule has 1 aliphatic heterocycles. The summed E-state index contributed by atoms with van der Waals surface area (Å²) < 4.78 is 33.2. The van der Waals surface area contributed by atoms with Crippen LogP contribution in [0.5, 0.6) is 0 Å². The molecule has 154 valence electrons. The van der Waals surface area contributed by atoms with Gasteiger partial charge in [0.1, 0.15) is 17.2 Å². The molecule has 0 aliphatic carbocycles. The van der Waals surface area contributed by atoms with Gasteiger partial charge in [0.25, 0.3) is 5.91 Å². The zero-order valence-corrected chi connectivity index (χ0v) is 16.8. The Morgan fingerprint density at radius 2 is 1.55 bits per heavy atom. The van der Waals surface area contributed by atoms with Gasteiger partial charge in [-0.25, -0.2) is 8.78 Å². The fraction of sp³-hybridized carbons (Fsp3) is 0.120. The molecule has 2 heterocycles. The number of carbonyl (C=O) groups excluding carboxylic acids is 1. The average Bonchev–Trinajstić information content (AvgIpc) is 3.04. The van der Waals surface area contributed by atoms with Crippen molar-refractivity contribution in [1.29, 1.82) is 0 Å². The quantitative estimate of drug-likeness (QED) is 0.437. The minimum absolute atomic E-state index is 0.0561. The normalized spacial score (nSPS) is 15.5. The Kier molecular flexibility index (Phi) is 4.25. The van der Waals surface area contributed by atoms with E-state index < -0.39 is 29.0 Å². The van der Waals surface area contributed by atoms with Crippen molar-refractivity contribution in [1.82, 2.24) is 0 Å². The summed E-state index contributed by atoms with van der Waals surface area (Å²) in [6.45, 7) is 3.89. The van der Waals surface area contributed by atoms with Gasteiger partial charge in [0, 0.05) is 5.69 Å². The van der Waals surface area contributed by atoms with Gasteiger partial charge in [-0.15, -0.1) is 0 Å². The third kappa shape index (κ3) is 2.94. The fourth-order valence-corrected chi connectivity index (χ4v) is 4.05. The van der Waals surface area contributed by atoms with Crippen LogP contribution in [0, 0.1) is 25.5 Å². The second-order valence-electron chi connectivity index (χ2n) is 7.71. The monoisotopic (exact) mass is 417 g/mol. The molecule has 4 aromatic rings. The van der Waals surface area contributed by atoms with Crippen molar-refractivity contribution < 1.29 is 18.0 Å². The molecule has 0 fully saturated rings. The highest BCUT2D eigenvalue weighted by atomic mass is 19.1. The van der Waals surface area contributed by atoms with Gasteiger partial charge in [0.05, 0.1) is 17.0 Å². The molecule has 0 saturated carbocycles. The van der Waals surface area contributed by atoms with Gasteiger partial charge in [0.15, 0.2) is 5.43 Å². The number of fused-ring (bicyclic) bond motifs is 2. The van der Waals surface area contributed by atoms with E-state index >= 15 is 0 Å². The molecule has 1 amide bonds. The fourth-order valence-electron chi connectivity index (χ4n) is 4.05. The Hall–Kier alpha value is -3.80. The van der Waals surface area contributed by atoms with Crippen molar-refractivity contribution >= 4 is 22.6 Å². The number of aryl methyl sites for hydroxylation is 2. The number of benzene rings is 3. The molecule has 0 bridgehead atoms. The molecule has 0 N–H and O–H groups in total. The summed E-state index contributed by atoms with van der Waals surface area (Å²) in [5.41, 5.74) is 2.95. The lowest BCUT2D eigenvalue weighted by molar-refractivity contribution is 0.0971. The highest BCUT2D eigenvalue weighted by molar-refractivity contribution is 6.10. The molecule has 6 heteroatoms. The predicted molar refractivity (Wildman–Crippen MR) is 113 cm³/mol. The van der Waals surface area contributed by atoms with E-state index in [1.807, 2.05) is 26.0 Å². The Balaban J connectivity index is 1.82. The zero-order chi connectivity index (χ0) is 21.9. The molecule has 0 radical (unpaired) electrons. The number of amides is 1. The molecule has 1 atom stereocenters. The summed E-state index contributed by atoms with van der Waals surface area (Å²) in [7, 11) is 0. The summed E-state index contributed by atoms with van der Waals surface area (Å²) in [5, 5.41) is 0.0561. The van der Waals surface area contributed by atoms with E-state index in [0.29, 0.717) is 11.3 Å². The van der Waals surface area contributed by atoms with Crippen LogP contribution in [0.15, 0.2) is 69.9 Å². The summed E-state index contributed by atoms with van der Waals surface area (Å²) in [5.74, 6) is -1.57. The van der Waals surface area contributed by atoms with Crippen molar-refractivity contribution in [2.45, 2.75) is 19.9 Å². The van der Waals surface area contributed by atoms with Gasteiger partial charge >= 0.3 is 0 Å². The summed E-state index contributed by atoms with van der Waals surface area (Å²) in [6.07, 6.45) is 0. The summed E-state index contributed by atoms with van der Waals surface area (Å²) in [4.78, 5) is 28.3. The minimum atomic E-state index is -0.825. The minimum Gasteiger partial charge on any atom is -0.450 e. The van der Waals surface area contributed by atoms with Crippen LogP contribution in [0.25, 0.3) is 11.0 Å². The lowest BCUT2D eigenvalue weighted by atomic mass is 9.98. The van der Waals surface area contributed by atoms with Crippen LogP contribution >= 0.6 is 0 Å². The topological polar surface area (TPSA) is 50.5 Å². The molecular formula is C25H17F2NO3. The molecule has 1 unspecified atom stereocenters. The first-order valence-corrected chi connectivity index (χ1v) is 9.77. The van der Waals surface area contributed by atoms with Crippen LogP contribution in [-0.4, -0.2) is 5.91 Å². The van der Waals surface area contributed by atoms with Gasteiger partial charge in [0.2, 0.25) is 5.76 Å². The van der Waals surface area contributed by atoms with E-state index in [-0.39, 0.29) is 22.3 Å². The number of hydrogen-bond donors (Lipinski definition) is 0. The predicted octanol–water partition coefficient (Wildman–Crippen LogP) is 5.44. The number of hydrogen-bond acceptors (Lipinski definition) is 3. The molecule has 5 rings (SSSR count). The average molecular weight is 417 g/mol. The number of rotatable bonds is 2. The van der Waals surface area contributed by atoms with Crippen LogP contribution in [0.4, 0.5) is 14.5 Å². The van der Waals surface area contributed by atoms with E-state index in [0.717, 1.165) is 17.2 Å². The van der Waals surface area contributed by atoms with Crippen LogP contribution in [0.2, 0.25) is 0 Å². The molecule has 0 spiro atoms. The van der Waals surface area contributed by atoms with Gasteiger partial charge in [-0.2, -0.15) is 0 Å². The SMILES string of the molecule is Cc1ccc(N2C(=O)c3oc4ccc(F)cc4c(=O)c3C2c2ccc(F)cc2)cc1C. The standard InChI is InChI=1S/C25H17F2NO3/c1-13-3-9-18(11-14(13)2)28-22(15-4-6-16(26)7-5-15)21-23(29)19-12-17(27)8-10-20(19)31-24(21)25(28)30/h3-12,22H,1-2H3. The Labute approximate surface area is 176 Å². The second kappa shape index (κ2) is 6.87. The van der Waals surface area contributed by atoms with Crippen molar-refractivity contribution in [3.05, 3.63) is 111 Å². The van der Waals surface area contributed by atoms with Gasteiger partial charge in [-0.1, -0.05) is 18.2 Å². The first-order chi connectivity index (χ1) is 14.8. The van der Waals surface area contributed by atoms with Crippen molar-refractivity contribution in [2.24, 2.45) is 0 Å². The summed E-state index contributed by atoms with van der Waals surface area (Å²) >= 11 is 0. The number of anilines is 1. The Bertz CT molecular complexity index is 1420. The first-order valence-electron chi connectivity index (χ1n) is 9.77. The molecule has 3 aromatic carbocycles. The lowest BCUT2D eigenvalue weighted by Crippen LogP contribution is -2.29. The maximum atomic E-state index is 13.8. The van der Waals surface area contributed by atoms with E-state index in [2.05, 4.69) is 0 Å². The van der Waals surface area contributed by atoms with Crippen molar-refractivity contribution in [2.75, 3.05) is 4.90 Å². The molecule has 0 saturated heterocycles. The van der Waals surface area contributed by atoms with E-state index in [4.69, 9.17) is 4.42 Å². The number of nitrogens with zero attached hydrogens (tertiary/aromatic N) is 1. The van der Waals surface area contributed by atoms with E-state index in [1.165, 1.54) is 41.3 Å². The first kappa shape index (κ1) is 19.2. The second-order valence-corrected chi connectivity index (χ2v) is 7.71. The molecule has 1 aromatic heterocycles. The van der Waals surface area contributed by atoms with Crippen LogP contribution in [0.1, 0.15) is 38.9 Å². The van der Waals surface area contributed by atoms with Crippen LogP contribution in [-0.2, 0) is 0 Å². The zero-order valence-electron chi connectivity index (χ0n) is 16.8. The molecule has 1 aliphatic rings. The third-order valence-corrected chi connectivity index (χ3v) is 5.79. The van der Waals surface area contributed by atoms with Crippen molar-refractivity contribution in [3.63, 3.8) is 0 Å². The number of carbonyl (C=O) groups is 1. The van der Waals surface area contributed by atoms with Crippen LogP contribution < -0.4 is 10.3 Å². The largest absolute Gasteiger partial charge is 0.450 e. The van der Waals surface area contributed by atoms with Gasteiger partial charge in [-0.05, 0) is 73.0 Å². The number of halogens is 2. The van der Waals surface area contributed by atoms with E-state index in [9.17, 15) is 18.4 Å². The lowest BCUT2D eigenvalue weighted by Gasteiger charge is -2.26. The molecule has 31 heavy (non-hydrogen) atoms. The van der Waals surface area contributed by atoms with E-state index in [1.54, 1.807) is 6.07 Å². The smallest absolute Gasteiger partial charge is 0.295 e. The highest BCUT2D eigenvalue weighted by Gasteiger charge is 2.43. The molecular weight excluding hydrogens is 400 g/mol. The Morgan fingerprint density at radius 1 is 0.839 bits per heavy atom. The van der Waals surface area contributed by atoms with Crippen molar-refractivity contribution in [3.8, 4) is 0 Å². The Morgan fingerprint density at radius 3 is 2.26 bits per heavy atom. The third-order valence-electron chi connectivity index (χ3n) is 5.79. The molecule has 4 nitrogen and oxygen atoms in total. The maximum Gasteiger partial charge on any atom is 0.295 e. The van der Waals surface area contributed by atoms with Gasteiger partial charge < -0.3 is 4.42 Å². The highest BCUT2D eigenvalue weighted by Crippen LogP contribution is 2.41. The summed E-state index contributed by atoms with van der Waals surface area (Å²) in [6, 6.07) is 14.0. The maximum absolute atomic E-state index is 13.8. The van der Waals surface area contributed by atoms with Gasteiger partial charge in [-0.3, -0.25) is 14.5 Å².